The molecule has 0 heterocycles. The van der Waals surface area contributed by atoms with Crippen LogP contribution in [-0.4, -0.2) is 32.8 Å². The van der Waals surface area contributed by atoms with E-state index in [1.807, 2.05) is 31.2 Å². The summed E-state index contributed by atoms with van der Waals surface area (Å²) < 4.78 is 9.92. The van der Waals surface area contributed by atoms with Crippen LogP contribution < -0.4 is 5.32 Å². The standard InChI is InChI=1S/C12H17NO3/c1-10-5-3-4-6-11(10)13-12(14)9-16-8-7-15-2/h3-6H,7-9H2,1-2H3,(H,13,14). The third-order valence-corrected chi connectivity index (χ3v) is 2.08. The minimum absolute atomic E-state index is 0.0533. The summed E-state index contributed by atoms with van der Waals surface area (Å²) in [6.07, 6.45) is 0. The molecule has 0 radical (unpaired) electrons. The molecule has 0 aliphatic carbocycles. The highest BCUT2D eigenvalue weighted by atomic mass is 16.5. The molecule has 0 spiro atoms. The van der Waals surface area contributed by atoms with Gasteiger partial charge in [0.25, 0.3) is 0 Å². The van der Waals surface area contributed by atoms with Gasteiger partial charge in [0.05, 0.1) is 13.2 Å². The molecular formula is C12H17NO3. The zero-order valence-corrected chi connectivity index (χ0v) is 9.66. The molecule has 1 aromatic carbocycles. The van der Waals surface area contributed by atoms with Crippen molar-refractivity contribution in [1.29, 1.82) is 0 Å². The fourth-order valence-corrected chi connectivity index (χ4v) is 1.21. The molecule has 0 saturated carbocycles. The monoisotopic (exact) mass is 223 g/mol. The van der Waals surface area contributed by atoms with E-state index in [0.717, 1.165) is 11.3 Å². The number of ether oxygens (including phenoxy) is 2. The van der Waals surface area contributed by atoms with E-state index in [1.54, 1.807) is 7.11 Å². The van der Waals surface area contributed by atoms with Crippen molar-refractivity contribution < 1.29 is 14.3 Å². The van der Waals surface area contributed by atoms with Crippen LogP contribution in [0.15, 0.2) is 24.3 Å². The van der Waals surface area contributed by atoms with E-state index in [1.165, 1.54) is 0 Å². The summed E-state index contributed by atoms with van der Waals surface area (Å²) in [6, 6.07) is 7.62. The second-order valence-electron chi connectivity index (χ2n) is 3.41. The van der Waals surface area contributed by atoms with Crippen molar-refractivity contribution in [1.82, 2.24) is 0 Å². The van der Waals surface area contributed by atoms with E-state index in [2.05, 4.69) is 5.32 Å². The van der Waals surface area contributed by atoms with Gasteiger partial charge < -0.3 is 14.8 Å². The third-order valence-electron chi connectivity index (χ3n) is 2.08. The SMILES string of the molecule is COCCOCC(=O)Nc1ccccc1C. The number of hydrogen-bond acceptors (Lipinski definition) is 3. The lowest BCUT2D eigenvalue weighted by Gasteiger charge is -2.08. The van der Waals surface area contributed by atoms with Gasteiger partial charge in [-0.15, -0.1) is 0 Å². The Morgan fingerprint density at radius 1 is 1.31 bits per heavy atom. The number of rotatable bonds is 6. The van der Waals surface area contributed by atoms with Crippen LogP contribution in [0, 0.1) is 6.92 Å². The van der Waals surface area contributed by atoms with Gasteiger partial charge >= 0.3 is 0 Å². The number of hydrogen-bond donors (Lipinski definition) is 1. The minimum Gasteiger partial charge on any atom is -0.382 e. The van der Waals surface area contributed by atoms with Crippen molar-refractivity contribution in [2.75, 3.05) is 32.2 Å². The van der Waals surface area contributed by atoms with Crippen LogP contribution in [0.1, 0.15) is 5.56 Å². The maximum atomic E-state index is 11.5. The number of carbonyl (C=O) groups is 1. The van der Waals surface area contributed by atoms with Crippen molar-refractivity contribution >= 4 is 11.6 Å². The second-order valence-corrected chi connectivity index (χ2v) is 3.41. The normalized spacial score (nSPS) is 10.1. The quantitative estimate of drug-likeness (QED) is 0.745. The van der Waals surface area contributed by atoms with E-state index in [4.69, 9.17) is 9.47 Å². The van der Waals surface area contributed by atoms with Crippen molar-refractivity contribution in [3.63, 3.8) is 0 Å². The van der Waals surface area contributed by atoms with E-state index < -0.39 is 0 Å². The molecule has 4 heteroatoms. The van der Waals surface area contributed by atoms with Crippen molar-refractivity contribution in [3.8, 4) is 0 Å². The van der Waals surface area contributed by atoms with Gasteiger partial charge in [-0.25, -0.2) is 0 Å². The molecule has 4 nitrogen and oxygen atoms in total. The molecule has 16 heavy (non-hydrogen) atoms. The lowest BCUT2D eigenvalue weighted by molar-refractivity contribution is -0.121. The van der Waals surface area contributed by atoms with Crippen molar-refractivity contribution in [3.05, 3.63) is 29.8 Å². The van der Waals surface area contributed by atoms with Gasteiger partial charge in [0, 0.05) is 12.8 Å². The van der Waals surface area contributed by atoms with Gasteiger partial charge in [0.15, 0.2) is 0 Å². The fourth-order valence-electron chi connectivity index (χ4n) is 1.21. The van der Waals surface area contributed by atoms with Gasteiger partial charge in [0.1, 0.15) is 6.61 Å². The zero-order chi connectivity index (χ0) is 11.8. The average molecular weight is 223 g/mol. The summed E-state index contributed by atoms with van der Waals surface area (Å²) in [4.78, 5) is 11.5. The first-order valence-corrected chi connectivity index (χ1v) is 5.16. The number of methoxy groups -OCH3 is 1. The molecule has 1 amide bonds. The van der Waals surface area contributed by atoms with E-state index in [9.17, 15) is 4.79 Å². The number of nitrogens with one attached hydrogen (secondary N) is 1. The van der Waals surface area contributed by atoms with Gasteiger partial charge in [-0.2, -0.15) is 0 Å². The Labute approximate surface area is 95.6 Å². The number of anilines is 1. The largest absolute Gasteiger partial charge is 0.382 e. The first-order valence-electron chi connectivity index (χ1n) is 5.16. The Balaban J connectivity index is 2.32. The molecule has 1 aromatic rings. The summed E-state index contributed by atoms with van der Waals surface area (Å²) in [5, 5.41) is 2.78. The highest BCUT2D eigenvalue weighted by molar-refractivity contribution is 5.92. The first-order chi connectivity index (χ1) is 7.74. The third kappa shape index (κ3) is 4.42. The summed E-state index contributed by atoms with van der Waals surface area (Å²) in [6.45, 7) is 2.93. The summed E-state index contributed by atoms with van der Waals surface area (Å²) >= 11 is 0. The molecule has 1 N–H and O–H groups in total. The van der Waals surface area contributed by atoms with Crippen molar-refractivity contribution in [2.24, 2.45) is 0 Å². The lowest BCUT2D eigenvalue weighted by Crippen LogP contribution is -2.20. The Hall–Kier alpha value is -1.39. The molecule has 0 fully saturated rings. The number of amides is 1. The van der Waals surface area contributed by atoms with Crippen LogP contribution >= 0.6 is 0 Å². The van der Waals surface area contributed by atoms with Gasteiger partial charge in [-0.3, -0.25) is 4.79 Å². The molecule has 0 bridgehead atoms. The topological polar surface area (TPSA) is 47.6 Å². The molecule has 0 aromatic heterocycles. The highest BCUT2D eigenvalue weighted by Crippen LogP contribution is 2.12. The van der Waals surface area contributed by atoms with Crippen LogP contribution in [0.3, 0.4) is 0 Å². The van der Waals surface area contributed by atoms with Gasteiger partial charge in [-0.05, 0) is 18.6 Å². The molecule has 0 aliphatic rings. The second kappa shape index (κ2) is 6.98. The Morgan fingerprint density at radius 3 is 2.75 bits per heavy atom. The lowest BCUT2D eigenvalue weighted by atomic mass is 10.2. The predicted molar refractivity (Wildman–Crippen MR) is 62.5 cm³/mol. The molecule has 0 saturated heterocycles. The molecule has 1 rings (SSSR count). The van der Waals surface area contributed by atoms with E-state index in [-0.39, 0.29) is 12.5 Å². The maximum absolute atomic E-state index is 11.5. The van der Waals surface area contributed by atoms with Crippen LogP contribution in [-0.2, 0) is 14.3 Å². The van der Waals surface area contributed by atoms with Crippen LogP contribution in [0.4, 0.5) is 5.69 Å². The highest BCUT2D eigenvalue weighted by Gasteiger charge is 2.03. The molecule has 88 valence electrons. The zero-order valence-electron chi connectivity index (χ0n) is 9.66. The summed E-state index contributed by atoms with van der Waals surface area (Å²) in [7, 11) is 1.59. The number of para-hydroxylation sites is 1. The van der Waals surface area contributed by atoms with E-state index in [0.29, 0.717) is 13.2 Å². The smallest absolute Gasteiger partial charge is 0.250 e. The molecule has 0 atom stereocenters. The van der Waals surface area contributed by atoms with Gasteiger partial charge in [-0.1, -0.05) is 18.2 Å². The van der Waals surface area contributed by atoms with Crippen LogP contribution in [0.25, 0.3) is 0 Å². The summed E-state index contributed by atoms with van der Waals surface area (Å²) in [5.74, 6) is -0.148. The van der Waals surface area contributed by atoms with Crippen molar-refractivity contribution in [2.45, 2.75) is 6.92 Å². The number of aryl methyl sites for hydroxylation is 1. The Bertz CT molecular complexity index is 339. The molecule has 0 unspecified atom stereocenters. The maximum Gasteiger partial charge on any atom is 0.250 e. The first kappa shape index (κ1) is 12.7. The average Bonchev–Trinajstić information content (AvgIpc) is 2.28. The molecular weight excluding hydrogens is 206 g/mol. The Kier molecular flexibility index (Phi) is 5.53. The molecule has 0 aliphatic heterocycles. The van der Waals surface area contributed by atoms with Gasteiger partial charge in [0.2, 0.25) is 5.91 Å². The predicted octanol–water partition coefficient (Wildman–Crippen LogP) is 1.60. The fraction of sp³-hybridized carbons (Fsp3) is 0.417. The Morgan fingerprint density at radius 2 is 2.06 bits per heavy atom. The van der Waals surface area contributed by atoms with Crippen LogP contribution in [0.2, 0.25) is 0 Å². The minimum atomic E-state index is -0.148. The number of carbonyl (C=O) groups excluding carboxylic acids is 1. The summed E-state index contributed by atoms with van der Waals surface area (Å²) in [5.41, 5.74) is 1.86. The number of benzene rings is 1. The van der Waals surface area contributed by atoms with E-state index >= 15 is 0 Å². The van der Waals surface area contributed by atoms with Crippen LogP contribution in [0.5, 0.6) is 0 Å².